The first-order valence-corrected chi connectivity index (χ1v) is 8.45. The Morgan fingerprint density at radius 1 is 1.12 bits per heavy atom. The first kappa shape index (κ1) is 14.9. The van der Waals surface area contributed by atoms with E-state index in [0.717, 1.165) is 18.8 Å². The van der Waals surface area contributed by atoms with Crippen molar-refractivity contribution in [1.82, 2.24) is 20.2 Å². The van der Waals surface area contributed by atoms with E-state index >= 15 is 0 Å². The fraction of sp³-hybridized carbons (Fsp3) is 0.316. The molecule has 1 aliphatic heterocycles. The molecule has 2 heterocycles. The van der Waals surface area contributed by atoms with Gasteiger partial charge in [-0.2, -0.15) is 0 Å². The number of hydrogen-bond acceptors (Lipinski definition) is 4. The van der Waals surface area contributed by atoms with Crippen molar-refractivity contribution in [3.8, 4) is 0 Å². The summed E-state index contributed by atoms with van der Waals surface area (Å²) in [5, 5.41) is 15.7. The number of rotatable bonds is 3. The van der Waals surface area contributed by atoms with Crippen LogP contribution in [0.4, 0.5) is 5.95 Å². The molecule has 24 heavy (non-hydrogen) atoms. The summed E-state index contributed by atoms with van der Waals surface area (Å²) in [4.78, 5) is 0. The van der Waals surface area contributed by atoms with Gasteiger partial charge in [-0.3, -0.25) is 0 Å². The van der Waals surface area contributed by atoms with Gasteiger partial charge in [0.25, 0.3) is 0 Å². The number of nitrogens with one attached hydrogen (secondary N) is 1. The maximum atomic E-state index is 4.20. The molecule has 0 radical (unpaired) electrons. The van der Waals surface area contributed by atoms with E-state index in [1.165, 1.54) is 22.3 Å². The summed E-state index contributed by atoms with van der Waals surface area (Å²) in [6.07, 6.45) is 1.98. The van der Waals surface area contributed by atoms with Crippen LogP contribution in [0.25, 0.3) is 0 Å². The lowest BCUT2D eigenvalue weighted by molar-refractivity contribution is 0.422. The molecule has 1 aromatic heterocycles. The third-order valence-electron chi connectivity index (χ3n) is 4.89. The van der Waals surface area contributed by atoms with Crippen LogP contribution in [-0.4, -0.2) is 20.2 Å². The quantitative estimate of drug-likeness (QED) is 0.800. The predicted molar refractivity (Wildman–Crippen MR) is 93.9 cm³/mol. The van der Waals surface area contributed by atoms with Gasteiger partial charge in [0.15, 0.2) is 0 Å². The maximum Gasteiger partial charge on any atom is 0.243 e. The van der Waals surface area contributed by atoms with Crippen LogP contribution in [0.2, 0.25) is 0 Å². The highest BCUT2D eigenvalue weighted by Gasteiger charge is 2.31. The lowest BCUT2D eigenvalue weighted by Crippen LogP contribution is -2.28. The zero-order valence-corrected chi connectivity index (χ0v) is 14.0. The molecule has 3 aromatic rings. The Labute approximate surface area is 141 Å². The van der Waals surface area contributed by atoms with Gasteiger partial charge < -0.3 is 5.32 Å². The Morgan fingerprint density at radius 2 is 1.92 bits per heavy atom. The van der Waals surface area contributed by atoms with E-state index in [0.29, 0.717) is 0 Å². The first-order valence-electron chi connectivity index (χ1n) is 8.45. The number of anilines is 1. The van der Waals surface area contributed by atoms with Crippen molar-refractivity contribution in [2.45, 2.75) is 38.8 Å². The molecule has 0 fully saturated rings. The Kier molecular flexibility index (Phi) is 3.76. The number of benzene rings is 2. The van der Waals surface area contributed by atoms with E-state index in [1.54, 1.807) is 0 Å². The zero-order chi connectivity index (χ0) is 16.5. The Morgan fingerprint density at radius 3 is 2.67 bits per heavy atom. The largest absolute Gasteiger partial charge is 0.346 e. The topological polar surface area (TPSA) is 55.6 Å². The highest BCUT2D eigenvalue weighted by atomic mass is 15.6. The number of aromatic nitrogens is 4. The molecule has 2 atom stereocenters. The van der Waals surface area contributed by atoms with Gasteiger partial charge in [0.1, 0.15) is 0 Å². The summed E-state index contributed by atoms with van der Waals surface area (Å²) in [7, 11) is 0. The van der Waals surface area contributed by atoms with Crippen LogP contribution in [0, 0.1) is 6.92 Å². The van der Waals surface area contributed by atoms with E-state index in [9.17, 15) is 0 Å². The van der Waals surface area contributed by atoms with E-state index in [2.05, 4.69) is 83.2 Å². The van der Waals surface area contributed by atoms with Crippen molar-refractivity contribution >= 4 is 5.95 Å². The number of fused-ring (bicyclic) bond motifs is 1. The Hall–Kier alpha value is -2.69. The highest BCUT2D eigenvalue weighted by molar-refractivity contribution is 5.39. The van der Waals surface area contributed by atoms with Gasteiger partial charge in [-0.25, -0.2) is 4.68 Å². The summed E-state index contributed by atoms with van der Waals surface area (Å²) in [5.74, 6) is 0.735. The minimum atomic E-state index is 0.147. The molecule has 4 rings (SSSR count). The van der Waals surface area contributed by atoms with Crippen molar-refractivity contribution < 1.29 is 0 Å². The summed E-state index contributed by atoms with van der Waals surface area (Å²) >= 11 is 0. The molecule has 5 heteroatoms. The lowest BCUT2D eigenvalue weighted by atomic mass is 9.91. The summed E-state index contributed by atoms with van der Waals surface area (Å²) in [6.45, 7) is 4.32. The van der Waals surface area contributed by atoms with Crippen LogP contribution in [0.5, 0.6) is 0 Å². The number of tetrazole rings is 1. The smallest absolute Gasteiger partial charge is 0.243 e. The third kappa shape index (κ3) is 2.56. The Bertz CT molecular complexity index is 837. The number of hydrogen-bond donors (Lipinski definition) is 1. The molecule has 1 aliphatic rings. The van der Waals surface area contributed by atoms with Crippen molar-refractivity contribution in [2.24, 2.45) is 0 Å². The zero-order valence-electron chi connectivity index (χ0n) is 14.0. The molecule has 0 saturated carbocycles. The molecule has 2 unspecified atom stereocenters. The molecular weight excluding hydrogens is 298 g/mol. The van der Waals surface area contributed by atoms with Gasteiger partial charge >= 0.3 is 0 Å². The number of aryl methyl sites for hydroxylation is 2. The summed E-state index contributed by atoms with van der Waals surface area (Å²) in [6, 6.07) is 17.7. The normalized spacial score (nSPS) is 19.6. The molecule has 0 saturated heterocycles. The maximum absolute atomic E-state index is 4.20. The summed E-state index contributed by atoms with van der Waals surface area (Å²) < 4.78 is 1.90. The van der Waals surface area contributed by atoms with Gasteiger partial charge in [-0.05, 0) is 52.4 Å². The molecule has 122 valence electrons. The molecule has 0 spiro atoms. The average Bonchev–Trinajstić information content (AvgIpc) is 3.10. The molecule has 0 bridgehead atoms. The molecule has 2 aromatic carbocycles. The van der Waals surface area contributed by atoms with Crippen molar-refractivity contribution in [3.63, 3.8) is 0 Å². The third-order valence-corrected chi connectivity index (χ3v) is 4.89. The standard InChI is InChI=1S/C19H21N5/c1-3-14-8-10-15(11-9-14)17-12-18(16-7-5-4-6-13(16)2)24-19(20-17)21-22-23-24/h4-11,17-18H,3,12H2,1-2H3,(H,20,21,23). The predicted octanol–water partition coefficient (Wildman–Crippen LogP) is 3.69. The van der Waals surface area contributed by atoms with Crippen molar-refractivity contribution in [3.05, 3.63) is 70.8 Å². The molecule has 0 amide bonds. The van der Waals surface area contributed by atoms with Crippen LogP contribution in [0.3, 0.4) is 0 Å². The highest BCUT2D eigenvalue weighted by Crippen LogP contribution is 2.37. The number of nitrogens with zero attached hydrogens (tertiary/aromatic N) is 4. The van der Waals surface area contributed by atoms with E-state index in [-0.39, 0.29) is 12.1 Å². The van der Waals surface area contributed by atoms with Gasteiger partial charge in [-0.1, -0.05) is 60.6 Å². The Balaban J connectivity index is 1.72. The van der Waals surface area contributed by atoms with Crippen LogP contribution < -0.4 is 5.32 Å². The van der Waals surface area contributed by atoms with E-state index < -0.39 is 0 Å². The minimum absolute atomic E-state index is 0.147. The van der Waals surface area contributed by atoms with Crippen LogP contribution >= 0.6 is 0 Å². The molecule has 1 N–H and O–H groups in total. The summed E-state index contributed by atoms with van der Waals surface area (Å²) in [5.41, 5.74) is 5.18. The second kappa shape index (κ2) is 6.07. The monoisotopic (exact) mass is 319 g/mol. The minimum Gasteiger partial charge on any atom is -0.346 e. The van der Waals surface area contributed by atoms with Gasteiger partial charge in [0.2, 0.25) is 5.95 Å². The average molecular weight is 319 g/mol. The molecular formula is C19H21N5. The van der Waals surface area contributed by atoms with Crippen molar-refractivity contribution in [1.29, 1.82) is 0 Å². The lowest BCUT2D eigenvalue weighted by Gasteiger charge is -2.31. The van der Waals surface area contributed by atoms with Gasteiger partial charge in [-0.15, -0.1) is 0 Å². The molecule has 0 aliphatic carbocycles. The van der Waals surface area contributed by atoms with Gasteiger partial charge in [0.05, 0.1) is 12.1 Å². The SMILES string of the molecule is CCc1ccc(C2CC(c3ccccc3C)n3nnnc3N2)cc1. The van der Waals surface area contributed by atoms with Crippen LogP contribution in [-0.2, 0) is 6.42 Å². The van der Waals surface area contributed by atoms with E-state index in [1.807, 2.05) is 4.68 Å². The second-order valence-corrected chi connectivity index (χ2v) is 6.35. The fourth-order valence-electron chi connectivity index (χ4n) is 3.46. The fourth-order valence-corrected chi connectivity index (χ4v) is 3.46. The van der Waals surface area contributed by atoms with Crippen LogP contribution in [0.15, 0.2) is 48.5 Å². The van der Waals surface area contributed by atoms with Crippen molar-refractivity contribution in [2.75, 3.05) is 5.32 Å². The first-order chi connectivity index (χ1) is 11.8. The van der Waals surface area contributed by atoms with Crippen LogP contribution in [0.1, 0.15) is 47.7 Å². The van der Waals surface area contributed by atoms with Gasteiger partial charge in [0, 0.05) is 0 Å². The molecule has 5 nitrogen and oxygen atoms in total. The second-order valence-electron chi connectivity index (χ2n) is 6.35. The van der Waals surface area contributed by atoms with E-state index in [4.69, 9.17) is 0 Å².